The Morgan fingerprint density at radius 2 is 0.645 bits per heavy atom. The summed E-state index contributed by atoms with van der Waals surface area (Å²) in [5.74, 6) is -0.966. The van der Waals surface area contributed by atoms with Gasteiger partial charge in [-0.25, -0.2) is 0 Å². The van der Waals surface area contributed by atoms with E-state index in [0.29, 0.717) is 19.3 Å². The fraction of sp³-hybridized carbons (Fsp3) is 0.661. The van der Waals surface area contributed by atoms with E-state index in [2.05, 4.69) is 118 Å². The molecule has 0 fully saturated rings. The molecule has 0 aliphatic heterocycles. The van der Waals surface area contributed by atoms with E-state index in [1.165, 1.54) is 57.8 Å². The van der Waals surface area contributed by atoms with Crippen molar-refractivity contribution in [2.45, 2.75) is 226 Å². The van der Waals surface area contributed by atoms with E-state index in [1.807, 2.05) is 0 Å². The molecule has 0 aliphatic rings. The van der Waals surface area contributed by atoms with Gasteiger partial charge in [-0.1, -0.05) is 208 Å². The van der Waals surface area contributed by atoms with Crippen molar-refractivity contribution in [2.24, 2.45) is 0 Å². The van der Waals surface area contributed by atoms with Crippen LogP contribution in [0.15, 0.2) is 97.2 Å². The van der Waals surface area contributed by atoms with Crippen molar-refractivity contribution < 1.29 is 28.6 Å². The topological polar surface area (TPSA) is 78.9 Å². The molecule has 0 saturated heterocycles. The Morgan fingerprint density at radius 3 is 1.08 bits per heavy atom. The van der Waals surface area contributed by atoms with Crippen LogP contribution in [0, 0.1) is 0 Å². The van der Waals surface area contributed by atoms with E-state index in [-0.39, 0.29) is 31.1 Å². The smallest absolute Gasteiger partial charge is 0.306 e. The highest BCUT2D eigenvalue weighted by atomic mass is 16.6. The molecule has 0 saturated carbocycles. The van der Waals surface area contributed by atoms with E-state index < -0.39 is 6.10 Å². The lowest BCUT2D eigenvalue weighted by molar-refractivity contribution is -0.167. The summed E-state index contributed by atoms with van der Waals surface area (Å²) in [7, 11) is 0. The third-order valence-corrected chi connectivity index (χ3v) is 10.4. The van der Waals surface area contributed by atoms with Crippen molar-refractivity contribution >= 4 is 17.9 Å². The van der Waals surface area contributed by atoms with E-state index in [4.69, 9.17) is 14.2 Å². The monoisotopic (exact) mass is 861 g/mol. The zero-order chi connectivity index (χ0) is 45.1. The van der Waals surface area contributed by atoms with Gasteiger partial charge in [0.1, 0.15) is 13.2 Å². The number of carbonyl (C=O) groups is 3. The molecule has 62 heavy (non-hydrogen) atoms. The number of esters is 3. The lowest BCUT2D eigenvalue weighted by atomic mass is 10.1. The molecule has 0 amide bonds. The minimum Gasteiger partial charge on any atom is -0.462 e. The largest absolute Gasteiger partial charge is 0.462 e. The van der Waals surface area contributed by atoms with Crippen LogP contribution in [0.3, 0.4) is 0 Å². The predicted octanol–water partition coefficient (Wildman–Crippen LogP) is 16.6. The maximum Gasteiger partial charge on any atom is 0.306 e. The van der Waals surface area contributed by atoms with Crippen molar-refractivity contribution in [2.75, 3.05) is 13.2 Å². The molecule has 1 unspecified atom stereocenters. The van der Waals surface area contributed by atoms with Gasteiger partial charge in [0.2, 0.25) is 0 Å². The second-order valence-electron chi connectivity index (χ2n) is 16.5. The number of ether oxygens (including phenoxy) is 3. The van der Waals surface area contributed by atoms with Crippen molar-refractivity contribution in [3.63, 3.8) is 0 Å². The molecule has 0 aliphatic carbocycles. The van der Waals surface area contributed by atoms with Crippen LogP contribution >= 0.6 is 0 Å². The van der Waals surface area contributed by atoms with Crippen LogP contribution in [0.2, 0.25) is 0 Å². The molecule has 0 aromatic rings. The van der Waals surface area contributed by atoms with Crippen molar-refractivity contribution in [3.8, 4) is 0 Å². The van der Waals surface area contributed by atoms with Crippen LogP contribution < -0.4 is 0 Å². The minimum atomic E-state index is -0.804. The first kappa shape index (κ1) is 58.3. The lowest BCUT2D eigenvalue weighted by Gasteiger charge is -2.18. The highest BCUT2D eigenvalue weighted by molar-refractivity contribution is 5.71. The highest BCUT2D eigenvalue weighted by Gasteiger charge is 2.19. The first-order chi connectivity index (χ1) is 30.5. The van der Waals surface area contributed by atoms with Gasteiger partial charge in [0.15, 0.2) is 6.10 Å². The number of unbranched alkanes of at least 4 members (excludes halogenated alkanes) is 22. The number of allylic oxidation sites excluding steroid dienone is 16. The molecule has 352 valence electrons. The summed E-state index contributed by atoms with van der Waals surface area (Å²) in [4.78, 5) is 37.9. The van der Waals surface area contributed by atoms with Gasteiger partial charge in [-0.15, -0.1) is 0 Å². The molecule has 0 aromatic heterocycles. The Morgan fingerprint density at radius 1 is 0.339 bits per heavy atom. The van der Waals surface area contributed by atoms with Gasteiger partial charge in [-0.3, -0.25) is 14.4 Å². The molecule has 0 heterocycles. The van der Waals surface area contributed by atoms with Crippen LogP contribution in [0.25, 0.3) is 0 Å². The summed E-state index contributed by atoms with van der Waals surface area (Å²) in [5, 5.41) is 0. The Labute approximate surface area is 381 Å². The van der Waals surface area contributed by atoms with Crippen LogP contribution in [-0.2, 0) is 28.6 Å². The van der Waals surface area contributed by atoms with Gasteiger partial charge in [0, 0.05) is 19.3 Å². The zero-order valence-electron chi connectivity index (χ0n) is 40.1. The van der Waals surface area contributed by atoms with Crippen LogP contribution in [0.5, 0.6) is 0 Å². The zero-order valence-corrected chi connectivity index (χ0v) is 40.1. The van der Waals surface area contributed by atoms with Crippen molar-refractivity contribution in [1.82, 2.24) is 0 Å². The molecule has 6 nitrogen and oxygen atoms in total. The maximum absolute atomic E-state index is 12.8. The average Bonchev–Trinajstić information content (AvgIpc) is 3.27. The average molecular weight is 861 g/mol. The summed E-state index contributed by atoms with van der Waals surface area (Å²) >= 11 is 0. The molecule has 0 radical (unpaired) electrons. The molecule has 6 heteroatoms. The lowest BCUT2D eigenvalue weighted by Crippen LogP contribution is -2.30. The summed E-state index contributed by atoms with van der Waals surface area (Å²) < 4.78 is 16.7. The summed E-state index contributed by atoms with van der Waals surface area (Å²) in [6.45, 7) is 6.39. The molecular formula is C56H92O6. The van der Waals surface area contributed by atoms with E-state index in [9.17, 15) is 14.4 Å². The molecular weight excluding hydrogens is 769 g/mol. The minimum absolute atomic E-state index is 0.103. The van der Waals surface area contributed by atoms with Crippen LogP contribution in [-0.4, -0.2) is 37.2 Å². The van der Waals surface area contributed by atoms with Crippen molar-refractivity contribution in [1.29, 1.82) is 0 Å². The SMILES string of the molecule is CC\C=C/C=C\C=C/CCCCCCCC(=O)OC(COC(=O)CCCCC/C=C\CCCCCCCC)COC(=O)CCCCCCC\C=C/C=C\C=C/C=C\CCCCC. The fourth-order valence-corrected chi connectivity index (χ4v) is 6.62. The van der Waals surface area contributed by atoms with Crippen LogP contribution in [0.4, 0.5) is 0 Å². The van der Waals surface area contributed by atoms with Gasteiger partial charge < -0.3 is 14.2 Å². The molecule has 0 N–H and O–H groups in total. The molecule has 0 spiro atoms. The summed E-state index contributed by atoms with van der Waals surface area (Å²) in [5.41, 5.74) is 0. The Hall–Kier alpha value is -3.67. The van der Waals surface area contributed by atoms with Crippen LogP contribution in [0.1, 0.15) is 220 Å². The first-order valence-electron chi connectivity index (χ1n) is 25.3. The summed E-state index contributed by atoms with van der Waals surface area (Å²) in [6, 6.07) is 0. The third kappa shape index (κ3) is 47.4. The van der Waals surface area contributed by atoms with E-state index in [0.717, 1.165) is 122 Å². The quantitative estimate of drug-likeness (QED) is 0.0200. The maximum atomic E-state index is 12.8. The van der Waals surface area contributed by atoms with Gasteiger partial charge in [0.05, 0.1) is 0 Å². The van der Waals surface area contributed by atoms with Gasteiger partial charge in [-0.05, 0) is 89.9 Å². The first-order valence-corrected chi connectivity index (χ1v) is 25.3. The highest BCUT2D eigenvalue weighted by Crippen LogP contribution is 2.13. The number of hydrogen-bond donors (Lipinski definition) is 0. The molecule has 0 aromatic carbocycles. The number of hydrogen-bond acceptors (Lipinski definition) is 6. The second kappa shape index (κ2) is 50.0. The van der Waals surface area contributed by atoms with Crippen molar-refractivity contribution in [3.05, 3.63) is 97.2 Å². The Bertz CT molecular complexity index is 1260. The van der Waals surface area contributed by atoms with Gasteiger partial charge >= 0.3 is 17.9 Å². The Balaban J connectivity index is 4.48. The summed E-state index contributed by atoms with van der Waals surface area (Å²) in [6.07, 6.45) is 65.3. The third-order valence-electron chi connectivity index (χ3n) is 10.4. The molecule has 0 rings (SSSR count). The molecule has 1 atom stereocenters. The number of carbonyl (C=O) groups excluding carboxylic acids is 3. The predicted molar refractivity (Wildman–Crippen MR) is 265 cm³/mol. The normalized spacial score (nSPS) is 12.9. The van der Waals surface area contributed by atoms with E-state index >= 15 is 0 Å². The van der Waals surface area contributed by atoms with E-state index in [1.54, 1.807) is 0 Å². The number of rotatable bonds is 44. The second-order valence-corrected chi connectivity index (χ2v) is 16.5. The van der Waals surface area contributed by atoms with Gasteiger partial charge in [-0.2, -0.15) is 0 Å². The standard InChI is InChI=1S/C56H92O6/c1-4-7-10-13-16-19-22-25-26-27-28-29-32-34-37-40-43-46-49-55(58)61-52-53(62-56(59)50-47-44-41-38-35-31-24-21-18-15-12-9-6-3)51-60-54(57)48-45-42-39-36-33-30-23-20-17-14-11-8-5-2/h9,12,15-16,18-19,21-22,24-30,33,53H,4-8,10-11,13-14,17,20,23,31-32,34-52H2,1-3H3/b12-9-,18-15-,19-16-,24-21-,25-22-,27-26-,29-28-,33-30-. The Kier molecular flexibility index (Phi) is 47.0. The fourth-order valence-electron chi connectivity index (χ4n) is 6.62. The molecule has 0 bridgehead atoms. The van der Waals surface area contributed by atoms with Gasteiger partial charge in [0.25, 0.3) is 0 Å².